The second-order valence-corrected chi connectivity index (χ2v) is 6.70. The van der Waals surface area contributed by atoms with Gasteiger partial charge in [0.15, 0.2) is 0 Å². The number of nitrogens with one attached hydrogen (secondary N) is 1. The van der Waals surface area contributed by atoms with Crippen LogP contribution in [0.25, 0.3) is 0 Å². The molecule has 1 aromatic rings. The molecule has 2 aliphatic rings. The van der Waals surface area contributed by atoms with E-state index in [4.69, 9.17) is 10.2 Å². The van der Waals surface area contributed by atoms with Crippen LogP contribution in [0.3, 0.4) is 0 Å². The third kappa shape index (κ3) is 2.08. The van der Waals surface area contributed by atoms with Gasteiger partial charge in [-0.25, -0.2) is 13.6 Å². The zero-order chi connectivity index (χ0) is 14.5. The smallest absolute Gasteiger partial charge is 0.310 e. The highest BCUT2D eigenvalue weighted by Gasteiger charge is 2.36. The van der Waals surface area contributed by atoms with Gasteiger partial charge in [-0.05, 0) is 30.2 Å². The Bertz CT molecular complexity index is 711. The van der Waals surface area contributed by atoms with Gasteiger partial charge in [-0.15, -0.1) is 0 Å². The first-order valence-corrected chi connectivity index (χ1v) is 7.75. The molecule has 20 heavy (non-hydrogen) atoms. The van der Waals surface area contributed by atoms with Crippen LogP contribution in [-0.2, 0) is 14.8 Å². The van der Waals surface area contributed by atoms with Crippen molar-refractivity contribution in [2.24, 2.45) is 11.1 Å². The fourth-order valence-electron chi connectivity index (χ4n) is 2.86. The number of carboxylic acids is 1. The fraction of sp³-hybridized carbons (Fsp3) is 0.308. The number of sulfonamides is 1. The van der Waals surface area contributed by atoms with Crippen LogP contribution in [0, 0.1) is 5.92 Å². The number of anilines is 1. The summed E-state index contributed by atoms with van der Waals surface area (Å²) in [6, 6.07) is 4.67. The van der Waals surface area contributed by atoms with Crippen LogP contribution in [0.5, 0.6) is 0 Å². The zero-order valence-electron chi connectivity index (χ0n) is 10.5. The monoisotopic (exact) mass is 294 g/mol. The minimum absolute atomic E-state index is 0.0118. The lowest BCUT2D eigenvalue weighted by atomic mass is 9.83. The van der Waals surface area contributed by atoms with Gasteiger partial charge in [0.25, 0.3) is 0 Å². The fourth-order valence-corrected chi connectivity index (χ4v) is 3.41. The maximum Gasteiger partial charge on any atom is 0.310 e. The van der Waals surface area contributed by atoms with Gasteiger partial charge >= 0.3 is 5.97 Å². The molecule has 0 saturated carbocycles. The summed E-state index contributed by atoms with van der Waals surface area (Å²) in [6.45, 7) is 0. The van der Waals surface area contributed by atoms with Gasteiger partial charge in [0.2, 0.25) is 10.0 Å². The summed E-state index contributed by atoms with van der Waals surface area (Å²) >= 11 is 0. The molecule has 0 saturated heterocycles. The highest BCUT2D eigenvalue weighted by molar-refractivity contribution is 7.89. The molecule has 0 amide bonds. The van der Waals surface area contributed by atoms with Gasteiger partial charge in [0, 0.05) is 17.6 Å². The number of carboxylic acid groups (broad SMARTS) is 1. The van der Waals surface area contributed by atoms with Gasteiger partial charge in [-0.2, -0.15) is 0 Å². The highest BCUT2D eigenvalue weighted by Crippen LogP contribution is 2.42. The van der Waals surface area contributed by atoms with Crippen LogP contribution in [-0.4, -0.2) is 25.5 Å². The topological polar surface area (TPSA) is 109 Å². The number of fused-ring (bicyclic) bond motifs is 3. The minimum Gasteiger partial charge on any atom is -0.481 e. The van der Waals surface area contributed by atoms with E-state index in [1.54, 1.807) is 18.2 Å². The average molecular weight is 294 g/mol. The molecule has 1 aromatic carbocycles. The lowest BCUT2D eigenvalue weighted by Crippen LogP contribution is -2.29. The molecule has 0 aromatic heterocycles. The van der Waals surface area contributed by atoms with E-state index in [-0.39, 0.29) is 16.9 Å². The van der Waals surface area contributed by atoms with E-state index in [1.807, 2.05) is 6.08 Å². The molecule has 3 unspecified atom stereocenters. The predicted octanol–water partition coefficient (Wildman–Crippen LogP) is 0.872. The van der Waals surface area contributed by atoms with Crippen molar-refractivity contribution in [1.82, 2.24) is 0 Å². The van der Waals surface area contributed by atoms with E-state index in [0.717, 1.165) is 11.3 Å². The van der Waals surface area contributed by atoms with Gasteiger partial charge in [0.05, 0.1) is 10.8 Å². The van der Waals surface area contributed by atoms with Crippen molar-refractivity contribution in [1.29, 1.82) is 0 Å². The summed E-state index contributed by atoms with van der Waals surface area (Å²) in [5, 5.41) is 17.4. The highest BCUT2D eigenvalue weighted by atomic mass is 32.2. The van der Waals surface area contributed by atoms with Crippen molar-refractivity contribution >= 4 is 21.7 Å². The molecule has 0 bridgehead atoms. The summed E-state index contributed by atoms with van der Waals surface area (Å²) in [6.07, 6.45) is 3.98. The average Bonchev–Trinajstić information content (AvgIpc) is 2.74. The van der Waals surface area contributed by atoms with Crippen LogP contribution < -0.4 is 10.5 Å². The maximum absolute atomic E-state index is 11.4. The lowest BCUT2D eigenvalue weighted by molar-refractivity contribution is -0.140. The molecular weight excluding hydrogens is 280 g/mol. The standard InChI is InChI=1S/C13H14N2O4S/c14-20(18,19)8-2-4-11-10(6-8)9-3-1-7(13(16)17)5-12(9)15-11/h1-4,6-7,9,12,15H,5H2,(H,16,17)(H2,14,18,19). The Labute approximate surface area is 116 Å². The number of benzene rings is 1. The van der Waals surface area contributed by atoms with Crippen molar-refractivity contribution in [2.75, 3.05) is 5.32 Å². The quantitative estimate of drug-likeness (QED) is 0.701. The van der Waals surface area contributed by atoms with Crippen LogP contribution >= 0.6 is 0 Å². The molecule has 0 fully saturated rings. The van der Waals surface area contributed by atoms with E-state index in [1.165, 1.54) is 6.07 Å². The van der Waals surface area contributed by atoms with Crippen LogP contribution in [0.2, 0.25) is 0 Å². The van der Waals surface area contributed by atoms with Crippen LogP contribution in [0.15, 0.2) is 35.2 Å². The molecule has 0 radical (unpaired) electrons. The Morgan fingerprint density at radius 2 is 2.10 bits per heavy atom. The molecule has 0 spiro atoms. The summed E-state index contributed by atoms with van der Waals surface area (Å²) in [5.41, 5.74) is 1.68. The van der Waals surface area contributed by atoms with E-state index in [9.17, 15) is 13.2 Å². The van der Waals surface area contributed by atoms with Gasteiger partial charge < -0.3 is 10.4 Å². The predicted molar refractivity (Wildman–Crippen MR) is 72.8 cm³/mol. The third-order valence-electron chi connectivity index (χ3n) is 3.86. The number of carbonyl (C=O) groups is 1. The molecular formula is C13H14N2O4S. The van der Waals surface area contributed by atoms with E-state index in [0.29, 0.717) is 6.42 Å². The number of hydrogen-bond donors (Lipinski definition) is 3. The van der Waals surface area contributed by atoms with Crippen LogP contribution in [0.4, 0.5) is 5.69 Å². The Morgan fingerprint density at radius 1 is 1.35 bits per heavy atom. The molecule has 3 atom stereocenters. The number of aliphatic carboxylic acids is 1. The normalized spacial score (nSPS) is 27.6. The second kappa shape index (κ2) is 4.32. The molecule has 1 heterocycles. The van der Waals surface area contributed by atoms with E-state index >= 15 is 0 Å². The first-order valence-electron chi connectivity index (χ1n) is 6.20. The summed E-state index contributed by atoms with van der Waals surface area (Å²) < 4.78 is 22.8. The first kappa shape index (κ1) is 13.1. The number of nitrogens with two attached hydrogens (primary N) is 1. The van der Waals surface area contributed by atoms with Gasteiger partial charge in [-0.3, -0.25) is 4.79 Å². The number of primary sulfonamides is 1. The molecule has 3 rings (SSSR count). The SMILES string of the molecule is NS(=O)(=O)c1ccc2c(c1)C1C=CC(C(=O)O)CC1N2. The Kier molecular flexibility index (Phi) is 2.84. The van der Waals surface area contributed by atoms with Gasteiger partial charge in [-0.1, -0.05) is 12.2 Å². The minimum atomic E-state index is -3.73. The van der Waals surface area contributed by atoms with E-state index in [2.05, 4.69) is 5.32 Å². The van der Waals surface area contributed by atoms with E-state index < -0.39 is 21.9 Å². The summed E-state index contributed by atoms with van der Waals surface area (Å²) in [4.78, 5) is 11.1. The summed E-state index contributed by atoms with van der Waals surface area (Å²) in [5.74, 6) is -1.36. The number of hydrogen-bond acceptors (Lipinski definition) is 4. The summed E-state index contributed by atoms with van der Waals surface area (Å²) in [7, 11) is -3.73. The van der Waals surface area contributed by atoms with Crippen molar-refractivity contribution in [3.8, 4) is 0 Å². The van der Waals surface area contributed by atoms with Crippen molar-refractivity contribution < 1.29 is 18.3 Å². The number of rotatable bonds is 2. The second-order valence-electron chi connectivity index (χ2n) is 5.14. The van der Waals surface area contributed by atoms with Crippen molar-refractivity contribution in [3.05, 3.63) is 35.9 Å². The van der Waals surface area contributed by atoms with Crippen molar-refractivity contribution in [3.63, 3.8) is 0 Å². The largest absolute Gasteiger partial charge is 0.481 e. The maximum atomic E-state index is 11.4. The third-order valence-corrected chi connectivity index (χ3v) is 4.77. The molecule has 106 valence electrons. The zero-order valence-corrected chi connectivity index (χ0v) is 11.3. The molecule has 4 N–H and O–H groups in total. The lowest BCUT2D eigenvalue weighted by Gasteiger charge is -2.24. The Morgan fingerprint density at radius 3 is 2.75 bits per heavy atom. The first-order chi connectivity index (χ1) is 9.36. The molecule has 7 heteroatoms. The van der Waals surface area contributed by atoms with Crippen LogP contribution in [0.1, 0.15) is 17.9 Å². The Hall–Kier alpha value is -1.86. The Balaban J connectivity index is 1.99. The molecule has 1 aliphatic heterocycles. The van der Waals surface area contributed by atoms with Crippen molar-refractivity contribution in [2.45, 2.75) is 23.3 Å². The van der Waals surface area contributed by atoms with Gasteiger partial charge in [0.1, 0.15) is 0 Å². The molecule has 1 aliphatic carbocycles. The molecule has 6 nitrogen and oxygen atoms in total.